The lowest BCUT2D eigenvalue weighted by molar-refractivity contribution is 0.416. The highest BCUT2D eigenvalue weighted by molar-refractivity contribution is 5.93. The summed E-state index contributed by atoms with van der Waals surface area (Å²) in [5, 5.41) is 4.45. The Bertz CT molecular complexity index is 867. The molecule has 0 amide bonds. The standard InChI is InChI=1S/C18H22N4O/c1-6-13-12(4)16-17(21-13)19-9-20-18(16)22-14-7-10(2)11(3)8-15(14)23-5/h7-9H,6H2,1-5H3,(H2,19,20,21,22). The van der Waals surface area contributed by atoms with E-state index in [1.54, 1.807) is 13.4 Å². The zero-order valence-electron chi connectivity index (χ0n) is 14.2. The van der Waals surface area contributed by atoms with E-state index in [0.717, 1.165) is 34.7 Å². The zero-order valence-corrected chi connectivity index (χ0v) is 14.2. The number of aromatic nitrogens is 3. The van der Waals surface area contributed by atoms with E-state index in [0.29, 0.717) is 0 Å². The van der Waals surface area contributed by atoms with Crippen molar-refractivity contribution in [2.75, 3.05) is 12.4 Å². The summed E-state index contributed by atoms with van der Waals surface area (Å²) >= 11 is 0. The normalized spacial score (nSPS) is 11.0. The number of H-pyrrole nitrogens is 1. The summed E-state index contributed by atoms with van der Waals surface area (Å²) in [5.74, 6) is 1.61. The lowest BCUT2D eigenvalue weighted by atomic mass is 10.1. The Balaban J connectivity index is 2.12. The number of rotatable bonds is 4. The van der Waals surface area contributed by atoms with Crippen molar-refractivity contribution in [1.82, 2.24) is 15.0 Å². The van der Waals surface area contributed by atoms with Gasteiger partial charge in [0.15, 0.2) is 0 Å². The van der Waals surface area contributed by atoms with Gasteiger partial charge in [-0.1, -0.05) is 6.92 Å². The van der Waals surface area contributed by atoms with E-state index in [2.05, 4.69) is 54.0 Å². The highest BCUT2D eigenvalue weighted by atomic mass is 16.5. The number of nitrogens with one attached hydrogen (secondary N) is 2. The van der Waals surface area contributed by atoms with Crippen LogP contribution in [-0.4, -0.2) is 22.1 Å². The Morgan fingerprint density at radius 3 is 2.57 bits per heavy atom. The van der Waals surface area contributed by atoms with Crippen molar-refractivity contribution in [3.05, 3.63) is 40.8 Å². The average Bonchev–Trinajstić information content (AvgIpc) is 2.88. The number of aryl methyl sites for hydroxylation is 4. The lowest BCUT2D eigenvalue weighted by Crippen LogP contribution is -1.99. The molecule has 5 nitrogen and oxygen atoms in total. The Morgan fingerprint density at radius 2 is 1.87 bits per heavy atom. The van der Waals surface area contributed by atoms with Crippen LogP contribution >= 0.6 is 0 Å². The minimum Gasteiger partial charge on any atom is -0.495 e. The van der Waals surface area contributed by atoms with Crippen LogP contribution in [0.25, 0.3) is 11.0 Å². The van der Waals surface area contributed by atoms with Gasteiger partial charge in [0.2, 0.25) is 0 Å². The first-order chi connectivity index (χ1) is 11.0. The summed E-state index contributed by atoms with van der Waals surface area (Å²) in [4.78, 5) is 12.2. The number of ether oxygens (including phenoxy) is 1. The number of benzene rings is 1. The van der Waals surface area contributed by atoms with Crippen molar-refractivity contribution in [3.63, 3.8) is 0 Å². The second-order valence-corrected chi connectivity index (χ2v) is 5.79. The molecule has 0 unspecified atom stereocenters. The topological polar surface area (TPSA) is 62.8 Å². The fraction of sp³-hybridized carbons (Fsp3) is 0.333. The van der Waals surface area contributed by atoms with Crippen LogP contribution in [0.5, 0.6) is 5.75 Å². The van der Waals surface area contributed by atoms with Crippen LogP contribution in [0.2, 0.25) is 0 Å². The number of hydrogen-bond donors (Lipinski definition) is 2. The molecule has 2 N–H and O–H groups in total. The average molecular weight is 310 g/mol. The first kappa shape index (κ1) is 15.3. The largest absolute Gasteiger partial charge is 0.495 e. The Hall–Kier alpha value is -2.56. The summed E-state index contributed by atoms with van der Waals surface area (Å²) in [7, 11) is 1.68. The SMILES string of the molecule is CCc1[nH]c2ncnc(Nc3cc(C)c(C)cc3OC)c2c1C. The summed E-state index contributed by atoms with van der Waals surface area (Å²) in [6.07, 6.45) is 2.52. The molecule has 5 heteroatoms. The van der Waals surface area contributed by atoms with Gasteiger partial charge < -0.3 is 15.0 Å². The van der Waals surface area contributed by atoms with Crippen LogP contribution in [-0.2, 0) is 6.42 Å². The minimum atomic E-state index is 0.796. The molecule has 120 valence electrons. The Morgan fingerprint density at radius 1 is 1.13 bits per heavy atom. The second kappa shape index (κ2) is 5.91. The van der Waals surface area contributed by atoms with Crippen molar-refractivity contribution < 1.29 is 4.74 Å². The molecule has 0 spiro atoms. The molecule has 0 aliphatic heterocycles. The molecule has 0 bridgehead atoms. The summed E-state index contributed by atoms with van der Waals surface area (Å²) < 4.78 is 5.51. The third-order valence-corrected chi connectivity index (χ3v) is 4.37. The molecule has 23 heavy (non-hydrogen) atoms. The number of aromatic amines is 1. The van der Waals surface area contributed by atoms with Crippen LogP contribution in [0.15, 0.2) is 18.5 Å². The van der Waals surface area contributed by atoms with Crippen LogP contribution < -0.4 is 10.1 Å². The van der Waals surface area contributed by atoms with Crippen molar-refractivity contribution in [3.8, 4) is 5.75 Å². The molecule has 0 saturated heterocycles. The maximum Gasteiger partial charge on any atom is 0.143 e. The van der Waals surface area contributed by atoms with Gasteiger partial charge in [0, 0.05) is 5.69 Å². The summed E-state index contributed by atoms with van der Waals surface area (Å²) in [6.45, 7) is 8.40. The van der Waals surface area contributed by atoms with Gasteiger partial charge in [-0.05, 0) is 56.0 Å². The van der Waals surface area contributed by atoms with Gasteiger partial charge in [-0.15, -0.1) is 0 Å². The second-order valence-electron chi connectivity index (χ2n) is 5.79. The number of nitrogens with zero attached hydrogens (tertiary/aromatic N) is 2. The van der Waals surface area contributed by atoms with Crippen LogP contribution in [0, 0.1) is 20.8 Å². The lowest BCUT2D eigenvalue weighted by Gasteiger charge is -2.14. The van der Waals surface area contributed by atoms with Gasteiger partial charge in [-0.25, -0.2) is 9.97 Å². The maximum absolute atomic E-state index is 5.51. The monoisotopic (exact) mass is 310 g/mol. The van der Waals surface area contributed by atoms with Gasteiger partial charge in [-0.2, -0.15) is 0 Å². The van der Waals surface area contributed by atoms with Crippen molar-refractivity contribution in [2.45, 2.75) is 34.1 Å². The quantitative estimate of drug-likeness (QED) is 0.758. The van der Waals surface area contributed by atoms with Gasteiger partial charge in [0.05, 0.1) is 18.2 Å². The van der Waals surface area contributed by atoms with E-state index >= 15 is 0 Å². The minimum absolute atomic E-state index is 0.796. The van der Waals surface area contributed by atoms with Crippen molar-refractivity contribution >= 4 is 22.5 Å². The van der Waals surface area contributed by atoms with Gasteiger partial charge in [0.1, 0.15) is 23.5 Å². The molecule has 0 aliphatic carbocycles. The van der Waals surface area contributed by atoms with E-state index in [1.807, 2.05) is 6.07 Å². The molecule has 0 radical (unpaired) electrons. The molecular weight excluding hydrogens is 288 g/mol. The molecular formula is C18H22N4O. The molecule has 0 aliphatic rings. The van der Waals surface area contributed by atoms with E-state index in [4.69, 9.17) is 4.74 Å². The molecule has 3 rings (SSSR count). The fourth-order valence-corrected chi connectivity index (χ4v) is 2.86. The first-order valence-electron chi connectivity index (χ1n) is 7.79. The molecule has 2 heterocycles. The summed E-state index contributed by atoms with van der Waals surface area (Å²) in [5.41, 5.74) is 6.56. The van der Waals surface area contributed by atoms with E-state index < -0.39 is 0 Å². The highest BCUT2D eigenvalue weighted by Crippen LogP contribution is 2.33. The predicted molar refractivity (Wildman–Crippen MR) is 93.8 cm³/mol. The van der Waals surface area contributed by atoms with Gasteiger partial charge in [0.25, 0.3) is 0 Å². The maximum atomic E-state index is 5.51. The molecule has 0 saturated carbocycles. The van der Waals surface area contributed by atoms with E-state index in [-0.39, 0.29) is 0 Å². The molecule has 0 fully saturated rings. The predicted octanol–water partition coefficient (Wildman–Crippen LogP) is 4.20. The third-order valence-electron chi connectivity index (χ3n) is 4.37. The first-order valence-corrected chi connectivity index (χ1v) is 7.79. The third kappa shape index (κ3) is 2.63. The van der Waals surface area contributed by atoms with Crippen molar-refractivity contribution in [1.29, 1.82) is 0 Å². The molecule has 1 aromatic carbocycles. The zero-order chi connectivity index (χ0) is 16.6. The van der Waals surface area contributed by atoms with Gasteiger partial charge >= 0.3 is 0 Å². The van der Waals surface area contributed by atoms with Crippen molar-refractivity contribution in [2.24, 2.45) is 0 Å². The van der Waals surface area contributed by atoms with E-state index in [1.165, 1.54) is 22.4 Å². The van der Waals surface area contributed by atoms with Crippen LogP contribution in [0.1, 0.15) is 29.3 Å². The van der Waals surface area contributed by atoms with Gasteiger partial charge in [-0.3, -0.25) is 0 Å². The molecule has 3 aromatic rings. The smallest absolute Gasteiger partial charge is 0.143 e. The number of methoxy groups -OCH3 is 1. The number of hydrogen-bond acceptors (Lipinski definition) is 4. The Labute approximate surface area is 136 Å². The number of anilines is 2. The number of fused-ring (bicyclic) bond motifs is 1. The van der Waals surface area contributed by atoms with Crippen LogP contribution in [0.3, 0.4) is 0 Å². The Kier molecular flexibility index (Phi) is 3.94. The fourth-order valence-electron chi connectivity index (χ4n) is 2.86. The van der Waals surface area contributed by atoms with E-state index in [9.17, 15) is 0 Å². The van der Waals surface area contributed by atoms with Crippen LogP contribution in [0.4, 0.5) is 11.5 Å². The highest BCUT2D eigenvalue weighted by Gasteiger charge is 2.14. The molecule has 0 atom stereocenters. The molecule has 2 aromatic heterocycles. The summed E-state index contributed by atoms with van der Waals surface area (Å²) in [6, 6.07) is 4.13.